The first kappa shape index (κ1) is 11.5. The number of sulfonamides is 1. The van der Waals surface area contributed by atoms with Crippen LogP contribution in [0.25, 0.3) is 0 Å². The average molecular weight is 236 g/mol. The molecule has 0 fully saturated rings. The molecule has 0 aromatic heterocycles. The third kappa shape index (κ3) is 2.24. The van der Waals surface area contributed by atoms with E-state index in [0.717, 1.165) is 0 Å². The van der Waals surface area contributed by atoms with Crippen molar-refractivity contribution in [1.82, 2.24) is 4.72 Å². The molecular weight excluding hydrogens is 226 g/mol. The summed E-state index contributed by atoms with van der Waals surface area (Å²) in [5, 5.41) is 9.23. The number of benzene rings is 1. The second kappa shape index (κ2) is 4.27. The molecule has 0 heterocycles. The fourth-order valence-electron chi connectivity index (χ4n) is 0.957. The summed E-state index contributed by atoms with van der Waals surface area (Å²) in [5.74, 6) is 0. The maximum atomic E-state index is 11.3. The van der Waals surface area contributed by atoms with Crippen LogP contribution in [0.2, 0.25) is 5.02 Å². The van der Waals surface area contributed by atoms with E-state index in [9.17, 15) is 8.42 Å². The summed E-state index contributed by atoms with van der Waals surface area (Å²) in [7, 11) is -2.15. The van der Waals surface area contributed by atoms with Crippen molar-refractivity contribution in [3.8, 4) is 0 Å². The van der Waals surface area contributed by atoms with E-state index in [0.29, 0.717) is 10.6 Å². The summed E-state index contributed by atoms with van der Waals surface area (Å²) in [4.78, 5) is 0.0912. The van der Waals surface area contributed by atoms with Crippen molar-refractivity contribution in [3.63, 3.8) is 0 Å². The van der Waals surface area contributed by atoms with Crippen LogP contribution in [0.5, 0.6) is 0 Å². The van der Waals surface area contributed by atoms with E-state index in [4.69, 9.17) is 16.7 Å². The molecule has 4 nitrogen and oxygen atoms in total. The highest BCUT2D eigenvalue weighted by Crippen LogP contribution is 2.20. The maximum absolute atomic E-state index is 11.3. The molecule has 2 N–H and O–H groups in total. The lowest BCUT2D eigenvalue weighted by Gasteiger charge is -2.05. The number of halogens is 1. The minimum Gasteiger partial charge on any atom is -0.392 e. The van der Waals surface area contributed by atoms with Crippen LogP contribution in [-0.4, -0.2) is 20.6 Å². The third-order valence-electron chi connectivity index (χ3n) is 1.77. The largest absolute Gasteiger partial charge is 0.392 e. The molecule has 0 aliphatic rings. The number of hydrogen-bond acceptors (Lipinski definition) is 3. The SMILES string of the molecule is CNS(=O)(=O)c1ccc(Cl)c(CO)c1. The lowest BCUT2D eigenvalue weighted by molar-refractivity contribution is 0.281. The van der Waals surface area contributed by atoms with Gasteiger partial charge in [0.15, 0.2) is 0 Å². The fraction of sp³-hybridized carbons (Fsp3) is 0.250. The van der Waals surface area contributed by atoms with Gasteiger partial charge < -0.3 is 5.11 Å². The van der Waals surface area contributed by atoms with E-state index in [1.54, 1.807) is 0 Å². The fourth-order valence-corrected chi connectivity index (χ4v) is 1.91. The van der Waals surface area contributed by atoms with E-state index in [-0.39, 0.29) is 11.5 Å². The zero-order chi connectivity index (χ0) is 10.8. The monoisotopic (exact) mass is 235 g/mol. The lowest BCUT2D eigenvalue weighted by atomic mass is 10.2. The van der Waals surface area contributed by atoms with E-state index in [1.807, 2.05) is 0 Å². The van der Waals surface area contributed by atoms with Crippen LogP contribution in [-0.2, 0) is 16.6 Å². The van der Waals surface area contributed by atoms with Crippen molar-refractivity contribution in [2.75, 3.05) is 7.05 Å². The van der Waals surface area contributed by atoms with Gasteiger partial charge in [-0.2, -0.15) is 0 Å². The molecule has 78 valence electrons. The predicted molar refractivity (Wildman–Crippen MR) is 53.6 cm³/mol. The highest BCUT2D eigenvalue weighted by molar-refractivity contribution is 7.89. The number of aliphatic hydroxyl groups excluding tert-OH is 1. The van der Waals surface area contributed by atoms with Crippen LogP contribution >= 0.6 is 11.6 Å². The molecule has 0 spiro atoms. The molecule has 0 saturated carbocycles. The Balaban J connectivity index is 3.26. The van der Waals surface area contributed by atoms with Crippen LogP contribution in [0.4, 0.5) is 0 Å². The molecule has 0 aliphatic heterocycles. The molecule has 1 aromatic carbocycles. The van der Waals surface area contributed by atoms with Gasteiger partial charge in [-0.3, -0.25) is 0 Å². The summed E-state index contributed by atoms with van der Waals surface area (Å²) in [5.41, 5.74) is 0.392. The van der Waals surface area contributed by atoms with Crippen molar-refractivity contribution in [3.05, 3.63) is 28.8 Å². The third-order valence-corrected chi connectivity index (χ3v) is 3.55. The van der Waals surface area contributed by atoms with E-state index in [2.05, 4.69) is 4.72 Å². The van der Waals surface area contributed by atoms with E-state index < -0.39 is 10.0 Å². The lowest BCUT2D eigenvalue weighted by Crippen LogP contribution is -2.18. The molecule has 0 amide bonds. The van der Waals surface area contributed by atoms with Gasteiger partial charge in [0, 0.05) is 5.02 Å². The highest BCUT2D eigenvalue weighted by Gasteiger charge is 2.12. The normalized spacial score (nSPS) is 11.6. The van der Waals surface area contributed by atoms with Crippen molar-refractivity contribution in [2.24, 2.45) is 0 Å². The van der Waals surface area contributed by atoms with Crippen LogP contribution in [0, 0.1) is 0 Å². The predicted octanol–water partition coefficient (Wildman–Crippen LogP) is 0.740. The summed E-state index contributed by atoms with van der Waals surface area (Å²) >= 11 is 5.71. The smallest absolute Gasteiger partial charge is 0.240 e. The minimum absolute atomic E-state index is 0.0912. The van der Waals surface area contributed by atoms with Gasteiger partial charge in [0.05, 0.1) is 11.5 Å². The van der Waals surface area contributed by atoms with Gasteiger partial charge in [-0.25, -0.2) is 13.1 Å². The Kier molecular flexibility index (Phi) is 3.49. The van der Waals surface area contributed by atoms with Crippen LogP contribution < -0.4 is 4.72 Å². The molecule has 14 heavy (non-hydrogen) atoms. The molecule has 0 unspecified atom stereocenters. The Morgan fingerprint density at radius 2 is 2.14 bits per heavy atom. The van der Waals surface area contributed by atoms with Gasteiger partial charge in [-0.1, -0.05) is 11.6 Å². The number of rotatable bonds is 3. The zero-order valence-corrected chi connectivity index (χ0v) is 9.06. The first-order valence-electron chi connectivity index (χ1n) is 3.84. The zero-order valence-electron chi connectivity index (χ0n) is 7.49. The summed E-state index contributed by atoms with van der Waals surface area (Å²) < 4.78 is 24.9. The van der Waals surface area contributed by atoms with Crippen molar-refractivity contribution in [1.29, 1.82) is 0 Å². The highest BCUT2D eigenvalue weighted by atomic mass is 35.5. The number of hydrogen-bond donors (Lipinski definition) is 2. The van der Waals surface area contributed by atoms with Gasteiger partial charge in [-0.05, 0) is 30.8 Å². The Labute approximate surface area is 87.6 Å². The maximum Gasteiger partial charge on any atom is 0.240 e. The van der Waals surface area contributed by atoms with E-state index in [1.165, 1.54) is 25.2 Å². The van der Waals surface area contributed by atoms with Gasteiger partial charge in [0.25, 0.3) is 0 Å². The van der Waals surface area contributed by atoms with Crippen LogP contribution in [0.15, 0.2) is 23.1 Å². The molecule has 0 bridgehead atoms. The average Bonchev–Trinajstić information content (AvgIpc) is 2.18. The quantitative estimate of drug-likeness (QED) is 0.812. The topological polar surface area (TPSA) is 66.4 Å². The van der Waals surface area contributed by atoms with Gasteiger partial charge in [-0.15, -0.1) is 0 Å². The minimum atomic E-state index is -3.47. The van der Waals surface area contributed by atoms with E-state index >= 15 is 0 Å². The Morgan fingerprint density at radius 1 is 1.50 bits per heavy atom. The molecular formula is C8H10ClNO3S. The summed E-state index contributed by atoms with van der Waals surface area (Å²) in [6.07, 6.45) is 0. The van der Waals surface area contributed by atoms with Crippen molar-refractivity contribution in [2.45, 2.75) is 11.5 Å². The van der Waals surface area contributed by atoms with Crippen LogP contribution in [0.3, 0.4) is 0 Å². The first-order valence-corrected chi connectivity index (χ1v) is 5.70. The van der Waals surface area contributed by atoms with Crippen molar-refractivity contribution < 1.29 is 13.5 Å². The Hall–Kier alpha value is -0.620. The second-order valence-corrected chi connectivity index (χ2v) is 4.91. The van der Waals surface area contributed by atoms with Gasteiger partial charge >= 0.3 is 0 Å². The summed E-state index contributed by atoms with van der Waals surface area (Å²) in [6.45, 7) is -0.286. The molecule has 1 aromatic rings. The number of nitrogens with one attached hydrogen (secondary N) is 1. The molecule has 1 rings (SSSR count). The van der Waals surface area contributed by atoms with Crippen LogP contribution in [0.1, 0.15) is 5.56 Å². The van der Waals surface area contributed by atoms with Gasteiger partial charge in [0.2, 0.25) is 10.0 Å². The molecule has 0 atom stereocenters. The molecule has 0 aliphatic carbocycles. The molecule has 0 radical (unpaired) electrons. The number of aliphatic hydroxyl groups is 1. The van der Waals surface area contributed by atoms with Gasteiger partial charge in [0.1, 0.15) is 0 Å². The standard InChI is InChI=1S/C8H10ClNO3S/c1-10-14(12,13)7-2-3-8(9)6(4-7)5-11/h2-4,10-11H,5H2,1H3. The Bertz CT molecular complexity index is 430. The molecule has 6 heteroatoms. The van der Waals surface area contributed by atoms with Crippen molar-refractivity contribution >= 4 is 21.6 Å². The molecule has 0 saturated heterocycles. The second-order valence-electron chi connectivity index (χ2n) is 2.62. The summed E-state index contributed by atoms with van der Waals surface area (Å²) in [6, 6.07) is 4.17. The Morgan fingerprint density at radius 3 is 2.64 bits per heavy atom. The first-order chi connectivity index (χ1) is 6.51.